The largest absolute Gasteiger partial charge is 0.469 e. The molecule has 0 aliphatic carbocycles. The first kappa shape index (κ1) is 46.4. The van der Waals surface area contributed by atoms with Gasteiger partial charge in [-0.25, -0.2) is 4.79 Å². The molecule has 6 N–H and O–H groups in total. The Kier molecular flexibility index (Phi) is 18.9. The van der Waals surface area contributed by atoms with E-state index in [1.54, 1.807) is 0 Å². The van der Waals surface area contributed by atoms with Gasteiger partial charge in [-0.3, -0.25) is 24.0 Å². The maximum Gasteiger partial charge on any atom is 0.408 e. The summed E-state index contributed by atoms with van der Waals surface area (Å²) >= 11 is 0. The third-order valence-corrected chi connectivity index (χ3v) is 9.73. The fourth-order valence-corrected chi connectivity index (χ4v) is 6.78. The van der Waals surface area contributed by atoms with E-state index in [0.717, 1.165) is 11.1 Å². The van der Waals surface area contributed by atoms with Gasteiger partial charge in [-0.15, -0.1) is 0 Å². The van der Waals surface area contributed by atoms with Gasteiger partial charge in [0.25, 0.3) is 0 Å². The number of carbonyl (C=O) groups excluding carboxylic acids is 6. The van der Waals surface area contributed by atoms with Crippen molar-refractivity contribution in [3.8, 4) is 0 Å². The summed E-state index contributed by atoms with van der Waals surface area (Å²) in [4.78, 5) is 80.2. The van der Waals surface area contributed by atoms with Crippen LogP contribution in [0.15, 0.2) is 60.7 Å². The first-order valence-corrected chi connectivity index (χ1v) is 19.7. The number of ether oxygens (including phenoxy) is 2. The Morgan fingerprint density at radius 1 is 0.754 bits per heavy atom. The highest BCUT2D eigenvalue weighted by atomic mass is 16.5. The van der Waals surface area contributed by atoms with Crippen LogP contribution in [0.1, 0.15) is 84.3 Å². The molecule has 1 saturated heterocycles. The Bertz CT molecular complexity index is 1610. The molecule has 2 aromatic carbocycles. The number of carbonyl (C=O) groups is 6. The zero-order chi connectivity index (χ0) is 42.1. The summed E-state index contributed by atoms with van der Waals surface area (Å²) in [6.45, 7) is 9.36. The van der Waals surface area contributed by atoms with Crippen molar-refractivity contribution in [2.75, 3.05) is 13.7 Å². The van der Waals surface area contributed by atoms with Crippen LogP contribution in [0.5, 0.6) is 0 Å². The maximum absolute atomic E-state index is 14.1. The molecule has 1 heterocycles. The van der Waals surface area contributed by atoms with E-state index in [9.17, 15) is 39.0 Å². The Morgan fingerprint density at radius 3 is 1.89 bits per heavy atom. The number of aliphatic hydroxyl groups is 2. The number of rotatable bonds is 21. The fraction of sp³-hybridized carbons (Fsp3) is 0.571. The Hall–Kier alpha value is -5.02. The molecule has 1 aliphatic rings. The highest BCUT2D eigenvalue weighted by molar-refractivity contribution is 5.92. The zero-order valence-electron chi connectivity index (χ0n) is 33.9. The summed E-state index contributed by atoms with van der Waals surface area (Å²) in [6.07, 6.45) is -2.31. The second kappa shape index (κ2) is 23.3. The lowest BCUT2D eigenvalue weighted by Crippen LogP contribution is -2.56. The van der Waals surface area contributed by atoms with Gasteiger partial charge in [0.2, 0.25) is 23.6 Å². The van der Waals surface area contributed by atoms with Crippen LogP contribution in [0, 0.1) is 11.8 Å². The van der Waals surface area contributed by atoms with E-state index in [1.165, 1.54) is 18.9 Å². The molecule has 57 heavy (non-hydrogen) atoms. The molecule has 0 bridgehead atoms. The second-order valence-electron chi connectivity index (χ2n) is 15.5. The van der Waals surface area contributed by atoms with Crippen molar-refractivity contribution < 1.29 is 48.5 Å². The molecule has 0 radical (unpaired) electrons. The number of esters is 1. The molecule has 0 unspecified atom stereocenters. The summed E-state index contributed by atoms with van der Waals surface area (Å²) in [5.74, 6) is -2.72. The van der Waals surface area contributed by atoms with Crippen LogP contribution in [-0.4, -0.2) is 107 Å². The minimum absolute atomic E-state index is 0.00897. The standard InChI is InChI=1S/C42H61N5O10/c1-26(2)20-31(35(48)23-37(50)43-28(5)39(52)44-32(21-27(3)4)36(49)24-38(51)56-6)45-40(53)34-18-13-19-47(34)41(54)33(22-29-14-9-7-10-15-29)46-42(55)57-25-30-16-11-8-12-17-30/h7-12,14-17,26-28,31-36,48-49H,13,18-25H2,1-6H3,(H,43,50)(H,44,52)(H,45,53)(H,46,55)/t28-,31-,32-,33-,34-,35-,36-/m0/s1. The van der Waals surface area contributed by atoms with Crippen molar-refractivity contribution in [1.82, 2.24) is 26.2 Å². The van der Waals surface area contributed by atoms with Gasteiger partial charge < -0.3 is 45.9 Å². The topological polar surface area (TPSA) is 213 Å². The van der Waals surface area contributed by atoms with Gasteiger partial charge in [0, 0.05) is 13.0 Å². The normalized spacial score (nSPS) is 17.1. The average molecular weight is 796 g/mol. The van der Waals surface area contributed by atoms with Gasteiger partial charge in [0.1, 0.15) is 24.7 Å². The van der Waals surface area contributed by atoms with Gasteiger partial charge in [-0.2, -0.15) is 0 Å². The van der Waals surface area contributed by atoms with E-state index in [2.05, 4.69) is 26.0 Å². The monoisotopic (exact) mass is 795 g/mol. The van der Waals surface area contributed by atoms with Gasteiger partial charge in [0.05, 0.1) is 44.2 Å². The van der Waals surface area contributed by atoms with Crippen molar-refractivity contribution in [3.05, 3.63) is 71.8 Å². The van der Waals surface area contributed by atoms with Crippen LogP contribution in [0.4, 0.5) is 4.79 Å². The third kappa shape index (κ3) is 15.8. The molecular weight excluding hydrogens is 734 g/mol. The Morgan fingerprint density at radius 2 is 1.32 bits per heavy atom. The van der Waals surface area contributed by atoms with Crippen molar-refractivity contribution in [2.24, 2.45) is 11.8 Å². The van der Waals surface area contributed by atoms with Crippen LogP contribution in [0.25, 0.3) is 0 Å². The predicted molar refractivity (Wildman–Crippen MR) is 212 cm³/mol. The third-order valence-electron chi connectivity index (χ3n) is 9.73. The predicted octanol–water partition coefficient (Wildman–Crippen LogP) is 2.76. The summed E-state index contributed by atoms with van der Waals surface area (Å²) in [6, 6.07) is 13.7. The highest BCUT2D eigenvalue weighted by Crippen LogP contribution is 2.22. The van der Waals surface area contributed by atoms with Crippen LogP contribution in [0.3, 0.4) is 0 Å². The van der Waals surface area contributed by atoms with Crippen LogP contribution >= 0.6 is 0 Å². The summed E-state index contributed by atoms with van der Waals surface area (Å²) < 4.78 is 10.1. The molecule has 1 fully saturated rings. The molecule has 0 saturated carbocycles. The number of nitrogens with zero attached hydrogens (tertiary/aromatic N) is 1. The minimum atomic E-state index is -1.33. The molecule has 0 spiro atoms. The zero-order valence-corrected chi connectivity index (χ0v) is 33.9. The number of amides is 5. The smallest absolute Gasteiger partial charge is 0.408 e. The Labute approximate surface area is 335 Å². The molecular formula is C42H61N5O10. The van der Waals surface area contributed by atoms with Crippen molar-refractivity contribution in [2.45, 2.75) is 129 Å². The number of methoxy groups -OCH3 is 1. The minimum Gasteiger partial charge on any atom is -0.469 e. The van der Waals surface area contributed by atoms with E-state index in [0.29, 0.717) is 25.7 Å². The number of hydrogen-bond donors (Lipinski definition) is 6. The lowest BCUT2D eigenvalue weighted by Gasteiger charge is -2.31. The first-order valence-electron chi connectivity index (χ1n) is 19.7. The van der Waals surface area contributed by atoms with Gasteiger partial charge >= 0.3 is 12.1 Å². The van der Waals surface area contributed by atoms with E-state index in [1.807, 2.05) is 88.4 Å². The van der Waals surface area contributed by atoms with Crippen LogP contribution in [-0.2, 0) is 46.5 Å². The molecule has 1 aliphatic heterocycles. The van der Waals surface area contributed by atoms with Crippen molar-refractivity contribution in [3.63, 3.8) is 0 Å². The molecule has 2 aromatic rings. The van der Waals surface area contributed by atoms with Crippen LogP contribution < -0.4 is 21.3 Å². The highest BCUT2D eigenvalue weighted by Gasteiger charge is 2.39. The number of benzene rings is 2. The quantitative estimate of drug-likeness (QED) is 0.102. The molecule has 314 valence electrons. The number of nitrogens with one attached hydrogen (secondary N) is 4. The van der Waals surface area contributed by atoms with Crippen molar-refractivity contribution in [1.29, 1.82) is 0 Å². The lowest BCUT2D eigenvalue weighted by atomic mass is 9.96. The SMILES string of the molecule is COC(=O)C[C@H](O)[C@H](CC(C)C)NC(=O)[C@H](C)NC(=O)C[C@H](O)[C@H](CC(C)C)NC(=O)[C@@H]1CCCN1C(=O)[C@H](Cc1ccccc1)NC(=O)OCc1ccccc1. The van der Waals surface area contributed by atoms with E-state index >= 15 is 0 Å². The molecule has 15 nitrogen and oxygen atoms in total. The molecule has 3 rings (SSSR count). The Balaban J connectivity index is 1.66. The molecule has 7 atom stereocenters. The van der Waals surface area contributed by atoms with Gasteiger partial charge in [0.15, 0.2) is 0 Å². The number of alkyl carbamates (subject to hydrolysis) is 1. The summed E-state index contributed by atoms with van der Waals surface area (Å²) in [5.41, 5.74) is 1.58. The molecule has 0 aromatic heterocycles. The molecule has 5 amide bonds. The number of hydrogen-bond acceptors (Lipinski definition) is 10. The first-order chi connectivity index (χ1) is 27.1. The fourth-order valence-electron chi connectivity index (χ4n) is 6.78. The lowest BCUT2D eigenvalue weighted by molar-refractivity contribution is -0.144. The molecule has 15 heteroatoms. The van der Waals surface area contributed by atoms with E-state index < -0.39 is 84.5 Å². The number of likely N-dealkylation sites (tertiary alicyclic amines) is 1. The summed E-state index contributed by atoms with van der Waals surface area (Å²) in [7, 11) is 1.20. The van der Waals surface area contributed by atoms with Crippen molar-refractivity contribution >= 4 is 35.7 Å². The number of aliphatic hydroxyl groups excluding tert-OH is 2. The van der Waals surface area contributed by atoms with E-state index in [4.69, 9.17) is 4.74 Å². The van der Waals surface area contributed by atoms with Crippen LogP contribution in [0.2, 0.25) is 0 Å². The van der Waals surface area contributed by atoms with Gasteiger partial charge in [-0.1, -0.05) is 88.4 Å². The summed E-state index contributed by atoms with van der Waals surface area (Å²) in [5, 5.41) is 32.7. The maximum atomic E-state index is 14.1. The second-order valence-corrected chi connectivity index (χ2v) is 15.5. The van der Waals surface area contributed by atoms with Gasteiger partial charge in [-0.05, 0) is 55.6 Å². The average Bonchev–Trinajstić information content (AvgIpc) is 3.66. The van der Waals surface area contributed by atoms with E-state index in [-0.39, 0.29) is 37.8 Å².